The standard InChI is InChI=1S/C12H13ClFNO2/c13-9-6-8(2-3-10(9)14)7-15-12(11(16)17)4-1-5-12/h2-3,6,15H,1,4-5,7H2,(H,16,17). The van der Waals surface area contributed by atoms with Gasteiger partial charge in [-0.3, -0.25) is 10.1 Å². The molecule has 1 saturated carbocycles. The maximum Gasteiger partial charge on any atom is 0.323 e. The number of carboxylic acids is 1. The Hall–Kier alpha value is -1.13. The second kappa shape index (κ2) is 4.63. The van der Waals surface area contributed by atoms with Crippen molar-refractivity contribution >= 4 is 17.6 Å². The van der Waals surface area contributed by atoms with E-state index in [1.54, 1.807) is 6.07 Å². The normalized spacial score (nSPS) is 17.5. The second-order valence-corrected chi connectivity index (χ2v) is 4.75. The van der Waals surface area contributed by atoms with Crippen molar-refractivity contribution in [3.8, 4) is 0 Å². The minimum absolute atomic E-state index is 0.0577. The Morgan fingerprint density at radius 2 is 2.24 bits per heavy atom. The predicted molar refractivity (Wildman–Crippen MR) is 62.5 cm³/mol. The molecule has 0 bridgehead atoms. The monoisotopic (exact) mass is 257 g/mol. The van der Waals surface area contributed by atoms with Crippen molar-refractivity contribution in [2.75, 3.05) is 0 Å². The summed E-state index contributed by atoms with van der Waals surface area (Å²) in [6, 6.07) is 4.40. The summed E-state index contributed by atoms with van der Waals surface area (Å²) in [6.07, 6.45) is 2.19. The van der Waals surface area contributed by atoms with Crippen molar-refractivity contribution in [1.82, 2.24) is 5.32 Å². The number of nitrogens with one attached hydrogen (secondary N) is 1. The number of hydrogen-bond donors (Lipinski definition) is 2. The van der Waals surface area contributed by atoms with Crippen molar-refractivity contribution in [2.45, 2.75) is 31.3 Å². The van der Waals surface area contributed by atoms with E-state index in [4.69, 9.17) is 16.7 Å². The molecule has 1 aliphatic rings. The van der Waals surface area contributed by atoms with E-state index in [0.29, 0.717) is 19.4 Å². The highest BCUT2D eigenvalue weighted by molar-refractivity contribution is 6.30. The van der Waals surface area contributed by atoms with E-state index < -0.39 is 17.3 Å². The van der Waals surface area contributed by atoms with Gasteiger partial charge in [0.2, 0.25) is 0 Å². The molecule has 17 heavy (non-hydrogen) atoms. The van der Waals surface area contributed by atoms with Crippen LogP contribution in [-0.2, 0) is 11.3 Å². The fourth-order valence-electron chi connectivity index (χ4n) is 1.92. The summed E-state index contributed by atoms with van der Waals surface area (Å²) in [6.45, 7) is 0.381. The molecule has 1 aliphatic carbocycles. The summed E-state index contributed by atoms with van der Waals surface area (Å²) in [5, 5.41) is 12.2. The first-order valence-electron chi connectivity index (χ1n) is 5.46. The van der Waals surface area contributed by atoms with Crippen molar-refractivity contribution in [1.29, 1.82) is 0 Å². The van der Waals surface area contributed by atoms with Crippen LogP contribution in [0.25, 0.3) is 0 Å². The van der Waals surface area contributed by atoms with E-state index >= 15 is 0 Å². The van der Waals surface area contributed by atoms with Gasteiger partial charge < -0.3 is 5.11 Å². The van der Waals surface area contributed by atoms with Gasteiger partial charge in [0.15, 0.2) is 0 Å². The number of benzene rings is 1. The van der Waals surface area contributed by atoms with E-state index in [0.717, 1.165) is 12.0 Å². The Bertz CT molecular complexity index is 446. The molecular formula is C12H13ClFNO2. The zero-order valence-electron chi connectivity index (χ0n) is 9.17. The van der Waals surface area contributed by atoms with Crippen molar-refractivity contribution < 1.29 is 14.3 Å². The largest absolute Gasteiger partial charge is 0.480 e. The highest BCUT2D eigenvalue weighted by Crippen LogP contribution is 2.32. The second-order valence-electron chi connectivity index (χ2n) is 4.34. The molecule has 3 nitrogen and oxygen atoms in total. The number of carbonyl (C=O) groups is 1. The lowest BCUT2D eigenvalue weighted by Crippen LogP contribution is -2.56. The molecule has 0 atom stereocenters. The van der Waals surface area contributed by atoms with Gasteiger partial charge in [-0.15, -0.1) is 0 Å². The van der Waals surface area contributed by atoms with Gasteiger partial charge in [-0.25, -0.2) is 4.39 Å². The molecule has 0 heterocycles. The first-order valence-corrected chi connectivity index (χ1v) is 5.84. The van der Waals surface area contributed by atoms with E-state index in [1.165, 1.54) is 12.1 Å². The van der Waals surface area contributed by atoms with Gasteiger partial charge in [0.25, 0.3) is 0 Å². The lowest BCUT2D eigenvalue weighted by atomic mass is 9.76. The van der Waals surface area contributed by atoms with Crippen molar-refractivity contribution in [2.24, 2.45) is 0 Å². The molecule has 1 fully saturated rings. The summed E-state index contributed by atoms with van der Waals surface area (Å²) >= 11 is 5.66. The van der Waals surface area contributed by atoms with E-state index in [9.17, 15) is 9.18 Å². The van der Waals surface area contributed by atoms with E-state index in [-0.39, 0.29) is 5.02 Å². The highest BCUT2D eigenvalue weighted by atomic mass is 35.5. The SMILES string of the molecule is O=C(O)C1(NCc2ccc(F)c(Cl)c2)CCC1. The Morgan fingerprint density at radius 3 is 2.71 bits per heavy atom. The van der Waals surface area contributed by atoms with Crippen molar-refractivity contribution in [3.05, 3.63) is 34.6 Å². The third-order valence-electron chi connectivity index (χ3n) is 3.23. The number of rotatable bonds is 4. The topological polar surface area (TPSA) is 49.3 Å². The Morgan fingerprint density at radius 1 is 1.53 bits per heavy atom. The first-order chi connectivity index (χ1) is 8.03. The molecule has 0 spiro atoms. The average Bonchev–Trinajstić information content (AvgIpc) is 2.21. The highest BCUT2D eigenvalue weighted by Gasteiger charge is 2.43. The van der Waals surface area contributed by atoms with Crippen LogP contribution in [0.3, 0.4) is 0 Å². The summed E-state index contributed by atoms with van der Waals surface area (Å²) in [5.41, 5.74) is -0.0233. The van der Waals surface area contributed by atoms with Crippen LogP contribution in [0, 0.1) is 5.82 Å². The van der Waals surface area contributed by atoms with E-state index in [2.05, 4.69) is 5.32 Å². The molecule has 5 heteroatoms. The van der Waals surface area contributed by atoms with Gasteiger partial charge in [-0.05, 0) is 37.0 Å². The quantitative estimate of drug-likeness (QED) is 0.872. The molecule has 0 aliphatic heterocycles. The predicted octanol–water partition coefficient (Wildman–Crippen LogP) is 2.58. The summed E-state index contributed by atoms with van der Waals surface area (Å²) in [7, 11) is 0. The summed E-state index contributed by atoms with van der Waals surface area (Å²) < 4.78 is 12.9. The molecule has 1 aromatic carbocycles. The molecule has 2 rings (SSSR count). The lowest BCUT2D eigenvalue weighted by molar-refractivity contribution is -0.148. The lowest BCUT2D eigenvalue weighted by Gasteiger charge is -2.38. The van der Waals surface area contributed by atoms with Crippen LogP contribution in [0.5, 0.6) is 0 Å². The fraction of sp³-hybridized carbons (Fsp3) is 0.417. The molecule has 0 aromatic heterocycles. The van der Waals surface area contributed by atoms with Crippen LogP contribution in [0.15, 0.2) is 18.2 Å². The van der Waals surface area contributed by atoms with Gasteiger partial charge >= 0.3 is 5.97 Å². The molecule has 0 radical (unpaired) electrons. The molecule has 2 N–H and O–H groups in total. The number of halogens is 2. The molecule has 0 saturated heterocycles. The minimum atomic E-state index is -0.822. The smallest absolute Gasteiger partial charge is 0.323 e. The van der Waals surface area contributed by atoms with Crippen LogP contribution in [0.4, 0.5) is 4.39 Å². The molecule has 0 unspecified atom stereocenters. The van der Waals surface area contributed by atoms with Crippen LogP contribution in [0.1, 0.15) is 24.8 Å². The summed E-state index contributed by atoms with van der Waals surface area (Å²) in [5.74, 6) is -1.29. The molecule has 92 valence electrons. The summed E-state index contributed by atoms with van der Waals surface area (Å²) in [4.78, 5) is 11.1. The zero-order chi connectivity index (χ0) is 12.5. The van der Waals surface area contributed by atoms with Gasteiger partial charge in [0.1, 0.15) is 11.4 Å². The third kappa shape index (κ3) is 2.42. The Balaban J connectivity index is 2.02. The van der Waals surface area contributed by atoms with Gasteiger partial charge in [-0.2, -0.15) is 0 Å². The van der Waals surface area contributed by atoms with E-state index in [1.807, 2.05) is 0 Å². The molecule has 1 aromatic rings. The number of aliphatic carboxylic acids is 1. The number of carboxylic acid groups (broad SMARTS) is 1. The van der Waals surface area contributed by atoms with Gasteiger partial charge in [0, 0.05) is 6.54 Å². The van der Waals surface area contributed by atoms with Crippen molar-refractivity contribution in [3.63, 3.8) is 0 Å². The van der Waals surface area contributed by atoms with Gasteiger partial charge in [-0.1, -0.05) is 17.7 Å². The van der Waals surface area contributed by atoms with Crippen LogP contribution in [0.2, 0.25) is 5.02 Å². The minimum Gasteiger partial charge on any atom is -0.480 e. The molecular weight excluding hydrogens is 245 g/mol. The van der Waals surface area contributed by atoms with Gasteiger partial charge in [0.05, 0.1) is 5.02 Å². The maximum absolute atomic E-state index is 12.9. The van der Waals surface area contributed by atoms with Crippen LogP contribution in [-0.4, -0.2) is 16.6 Å². The third-order valence-corrected chi connectivity index (χ3v) is 3.52. The average molecular weight is 258 g/mol. The fourth-order valence-corrected chi connectivity index (χ4v) is 2.12. The number of hydrogen-bond acceptors (Lipinski definition) is 2. The zero-order valence-corrected chi connectivity index (χ0v) is 9.93. The first kappa shape index (κ1) is 12.3. The molecule has 0 amide bonds. The van der Waals surface area contributed by atoms with Crippen LogP contribution < -0.4 is 5.32 Å². The Labute approximate surface area is 104 Å². The Kier molecular flexibility index (Phi) is 3.35. The van der Waals surface area contributed by atoms with Crippen LogP contribution >= 0.6 is 11.6 Å². The maximum atomic E-state index is 12.9.